The summed E-state index contributed by atoms with van der Waals surface area (Å²) in [6.45, 7) is 8.78. The number of alkyl carbamates (subject to hydrolysis) is 1. The highest BCUT2D eigenvalue weighted by atomic mass is 16.6. The second kappa shape index (κ2) is 6.57. The molecule has 1 amide bonds. The normalized spacial score (nSPS) is 15.0. The number of hydrogen-bond acceptors (Lipinski definition) is 3. The summed E-state index contributed by atoms with van der Waals surface area (Å²) >= 11 is 0. The lowest BCUT2D eigenvalue weighted by atomic mass is 9.93. The Kier molecular flexibility index (Phi) is 5.30. The van der Waals surface area contributed by atoms with E-state index in [1.165, 1.54) is 0 Å². The Morgan fingerprint density at radius 2 is 1.71 bits per heavy atom. The highest BCUT2D eigenvalue weighted by molar-refractivity contribution is 5.81. The first-order chi connectivity index (χ1) is 9.66. The summed E-state index contributed by atoms with van der Waals surface area (Å²) in [4.78, 5) is 23.3. The smallest absolute Gasteiger partial charge is 0.408 e. The first-order valence-electron chi connectivity index (χ1n) is 6.87. The fraction of sp³-hybridized carbons (Fsp3) is 0.412. The molecule has 0 saturated carbocycles. The van der Waals surface area contributed by atoms with Crippen LogP contribution in [-0.4, -0.2) is 23.5 Å². The molecule has 0 spiro atoms. The predicted octanol–water partition coefficient (Wildman–Crippen LogP) is 3.57. The molecule has 0 radical (unpaired) electrons. The van der Waals surface area contributed by atoms with Crippen molar-refractivity contribution in [3.63, 3.8) is 0 Å². The third-order valence-corrected chi connectivity index (χ3v) is 3.00. The maximum absolute atomic E-state index is 11.9. The average Bonchev–Trinajstić information content (AvgIpc) is 2.37. The van der Waals surface area contributed by atoms with Crippen molar-refractivity contribution in [2.45, 2.75) is 45.8 Å². The van der Waals surface area contributed by atoms with E-state index >= 15 is 0 Å². The summed E-state index contributed by atoms with van der Waals surface area (Å²) in [5.74, 6) is 0. The van der Waals surface area contributed by atoms with Crippen molar-refractivity contribution in [1.29, 1.82) is 0 Å². The molecule has 1 aromatic carbocycles. The van der Waals surface area contributed by atoms with Gasteiger partial charge in [-0.3, -0.25) is 0 Å². The molecule has 114 valence electrons. The number of rotatable bonds is 4. The van der Waals surface area contributed by atoms with Gasteiger partial charge in [0.2, 0.25) is 0 Å². The Bertz CT molecular complexity index is 529. The van der Waals surface area contributed by atoms with E-state index in [1.54, 1.807) is 34.6 Å². The minimum Gasteiger partial charge on any atom is -0.444 e. The Hall–Kier alpha value is -2.10. The molecule has 4 heteroatoms. The number of ether oxygens (including phenoxy) is 1. The number of benzene rings is 1. The summed E-state index contributed by atoms with van der Waals surface area (Å²) < 4.78 is 5.20. The molecule has 0 heterocycles. The largest absolute Gasteiger partial charge is 0.444 e. The van der Waals surface area contributed by atoms with Crippen molar-refractivity contribution in [1.82, 2.24) is 5.32 Å². The maximum Gasteiger partial charge on any atom is 0.408 e. The van der Waals surface area contributed by atoms with E-state index in [-0.39, 0.29) is 0 Å². The van der Waals surface area contributed by atoms with Gasteiger partial charge in [-0.15, -0.1) is 0 Å². The van der Waals surface area contributed by atoms with Gasteiger partial charge in [0.25, 0.3) is 0 Å². The highest BCUT2D eigenvalue weighted by Crippen LogP contribution is 2.18. The van der Waals surface area contributed by atoms with Crippen LogP contribution < -0.4 is 5.32 Å². The summed E-state index contributed by atoms with van der Waals surface area (Å²) in [7, 11) is 0. The SMILES string of the molecule is C/C(=C\c1ccccc1)C(C)(C=O)NC(=O)OC(C)(C)C. The Morgan fingerprint density at radius 3 is 2.19 bits per heavy atom. The van der Waals surface area contributed by atoms with Gasteiger partial charge >= 0.3 is 6.09 Å². The van der Waals surface area contributed by atoms with Gasteiger partial charge < -0.3 is 14.8 Å². The van der Waals surface area contributed by atoms with Gasteiger partial charge in [-0.05, 0) is 45.8 Å². The number of hydrogen-bond donors (Lipinski definition) is 1. The summed E-state index contributed by atoms with van der Waals surface area (Å²) in [5, 5.41) is 2.62. The van der Waals surface area contributed by atoms with Crippen molar-refractivity contribution >= 4 is 18.5 Å². The number of nitrogens with one attached hydrogen (secondary N) is 1. The van der Waals surface area contributed by atoms with Gasteiger partial charge in [-0.1, -0.05) is 36.4 Å². The van der Waals surface area contributed by atoms with Crippen molar-refractivity contribution in [2.24, 2.45) is 0 Å². The Labute approximate surface area is 126 Å². The average molecular weight is 289 g/mol. The van der Waals surface area contributed by atoms with E-state index in [9.17, 15) is 9.59 Å². The lowest BCUT2D eigenvalue weighted by molar-refractivity contribution is -0.111. The first-order valence-corrected chi connectivity index (χ1v) is 6.87. The standard InChI is InChI=1S/C17H23NO3/c1-13(11-14-9-7-6-8-10-14)17(5,12-19)18-15(20)21-16(2,3)4/h6-12H,1-5H3,(H,18,20)/b13-11+. The van der Waals surface area contributed by atoms with E-state index in [0.717, 1.165) is 11.1 Å². The lowest BCUT2D eigenvalue weighted by Crippen LogP contribution is -2.50. The zero-order valence-electron chi connectivity index (χ0n) is 13.3. The monoisotopic (exact) mass is 289 g/mol. The Balaban J connectivity index is 2.91. The molecule has 0 saturated heterocycles. The van der Waals surface area contributed by atoms with E-state index in [2.05, 4.69) is 5.32 Å². The fourth-order valence-corrected chi connectivity index (χ4v) is 1.69. The second-order valence-corrected chi connectivity index (χ2v) is 6.19. The van der Waals surface area contributed by atoms with Crippen LogP contribution in [-0.2, 0) is 9.53 Å². The molecule has 1 unspecified atom stereocenters. The van der Waals surface area contributed by atoms with Gasteiger partial charge in [-0.2, -0.15) is 0 Å². The molecule has 1 N–H and O–H groups in total. The molecule has 4 nitrogen and oxygen atoms in total. The van der Waals surface area contributed by atoms with Crippen LogP contribution in [0.1, 0.15) is 40.2 Å². The molecule has 0 aromatic heterocycles. The van der Waals surface area contributed by atoms with Gasteiger partial charge in [0.1, 0.15) is 17.4 Å². The minimum absolute atomic E-state index is 0.606. The zero-order valence-corrected chi connectivity index (χ0v) is 13.3. The number of amides is 1. The molecule has 0 aliphatic heterocycles. The van der Waals surface area contributed by atoms with E-state index in [0.29, 0.717) is 6.29 Å². The maximum atomic E-state index is 11.9. The molecule has 0 bridgehead atoms. The molecule has 1 aromatic rings. The highest BCUT2D eigenvalue weighted by Gasteiger charge is 2.30. The molecular formula is C17H23NO3. The van der Waals surface area contributed by atoms with E-state index < -0.39 is 17.2 Å². The zero-order chi connectivity index (χ0) is 16.1. The van der Waals surface area contributed by atoms with Crippen LogP contribution in [0.4, 0.5) is 4.79 Å². The molecule has 0 aliphatic carbocycles. The van der Waals surface area contributed by atoms with Gasteiger partial charge in [-0.25, -0.2) is 4.79 Å². The topological polar surface area (TPSA) is 55.4 Å². The summed E-state index contributed by atoms with van der Waals surface area (Å²) in [6, 6.07) is 9.62. The second-order valence-electron chi connectivity index (χ2n) is 6.19. The summed E-state index contributed by atoms with van der Waals surface area (Å²) in [6.07, 6.45) is 1.97. The quantitative estimate of drug-likeness (QED) is 0.862. The number of aldehydes is 1. The molecule has 1 rings (SSSR count). The van der Waals surface area contributed by atoms with Gasteiger partial charge in [0.05, 0.1) is 0 Å². The van der Waals surface area contributed by atoms with Crippen molar-refractivity contribution in [3.05, 3.63) is 41.5 Å². The fourth-order valence-electron chi connectivity index (χ4n) is 1.69. The van der Waals surface area contributed by atoms with E-state index in [4.69, 9.17) is 4.74 Å². The minimum atomic E-state index is -1.10. The number of carbonyl (C=O) groups excluding carboxylic acids is 2. The third kappa shape index (κ3) is 5.42. The van der Waals surface area contributed by atoms with Crippen LogP contribution in [0.15, 0.2) is 35.9 Å². The van der Waals surface area contributed by atoms with Crippen LogP contribution >= 0.6 is 0 Å². The Morgan fingerprint density at radius 1 is 1.14 bits per heavy atom. The van der Waals surface area contributed by atoms with Crippen LogP contribution in [0, 0.1) is 0 Å². The summed E-state index contributed by atoms with van der Waals surface area (Å²) in [5.41, 5.74) is -0.00746. The van der Waals surface area contributed by atoms with Crippen molar-refractivity contribution in [2.75, 3.05) is 0 Å². The molecule has 1 atom stereocenters. The van der Waals surface area contributed by atoms with Crippen molar-refractivity contribution < 1.29 is 14.3 Å². The van der Waals surface area contributed by atoms with Crippen molar-refractivity contribution in [3.8, 4) is 0 Å². The number of carbonyl (C=O) groups is 2. The molecule has 0 aliphatic rings. The van der Waals surface area contributed by atoms with Crippen LogP contribution in [0.2, 0.25) is 0 Å². The molecular weight excluding hydrogens is 266 g/mol. The van der Waals surface area contributed by atoms with Crippen LogP contribution in [0.3, 0.4) is 0 Å². The lowest BCUT2D eigenvalue weighted by Gasteiger charge is -2.28. The first kappa shape index (κ1) is 17.0. The molecule has 0 fully saturated rings. The van der Waals surface area contributed by atoms with Crippen LogP contribution in [0.5, 0.6) is 0 Å². The van der Waals surface area contributed by atoms with Gasteiger partial charge in [0.15, 0.2) is 0 Å². The third-order valence-electron chi connectivity index (χ3n) is 3.00. The van der Waals surface area contributed by atoms with Crippen LogP contribution in [0.25, 0.3) is 6.08 Å². The predicted molar refractivity (Wildman–Crippen MR) is 83.9 cm³/mol. The molecule has 21 heavy (non-hydrogen) atoms. The van der Waals surface area contributed by atoms with E-state index in [1.807, 2.05) is 36.4 Å². The van der Waals surface area contributed by atoms with Gasteiger partial charge in [0, 0.05) is 0 Å².